The molecule has 1 aromatic carbocycles. The minimum Gasteiger partial charge on any atom is -0.351 e. The zero-order valence-electron chi connectivity index (χ0n) is 14.2. The number of benzene rings is 1. The van der Waals surface area contributed by atoms with Crippen LogP contribution in [-0.4, -0.2) is 34.9 Å². The summed E-state index contributed by atoms with van der Waals surface area (Å²) in [5.41, 5.74) is 1.31. The molecule has 1 spiro atoms. The number of hydrogen-bond acceptors (Lipinski definition) is 3. The average Bonchev–Trinajstić information content (AvgIpc) is 3.28. The summed E-state index contributed by atoms with van der Waals surface area (Å²) in [4.78, 5) is 39.4. The van der Waals surface area contributed by atoms with Gasteiger partial charge in [0.15, 0.2) is 0 Å². The van der Waals surface area contributed by atoms with Crippen molar-refractivity contribution < 1.29 is 14.4 Å². The van der Waals surface area contributed by atoms with E-state index in [0.717, 1.165) is 29.3 Å². The van der Waals surface area contributed by atoms with Crippen molar-refractivity contribution in [3.8, 4) is 0 Å². The van der Waals surface area contributed by atoms with E-state index in [1.165, 1.54) is 0 Å². The standard InChI is InChI=1S/C18H19ClN4O3/c1-9-11-7-14(21-13(11)5-4-12(9)19)15(24)20-8-10-3-2-6-18(10)16(25)22-17(26)23-18/h4-5,7,10,21H,2-3,6,8H2,1H3,(H,20,24)(H2,22,23,25,26). The van der Waals surface area contributed by atoms with Crippen molar-refractivity contribution in [1.82, 2.24) is 20.9 Å². The fourth-order valence-corrected chi connectivity index (χ4v) is 4.24. The lowest BCUT2D eigenvalue weighted by atomic mass is 9.87. The molecule has 2 atom stereocenters. The molecule has 1 saturated carbocycles. The number of fused-ring (bicyclic) bond motifs is 1. The quantitative estimate of drug-likeness (QED) is 0.619. The number of nitrogens with one attached hydrogen (secondary N) is 4. The Balaban J connectivity index is 1.50. The highest BCUT2D eigenvalue weighted by Crippen LogP contribution is 2.37. The molecule has 4 rings (SSSR count). The zero-order chi connectivity index (χ0) is 18.5. The molecule has 2 unspecified atom stereocenters. The van der Waals surface area contributed by atoms with E-state index in [9.17, 15) is 14.4 Å². The van der Waals surface area contributed by atoms with E-state index in [2.05, 4.69) is 20.9 Å². The first-order valence-electron chi connectivity index (χ1n) is 8.60. The predicted octanol–water partition coefficient (Wildman–Crippen LogP) is 2.24. The van der Waals surface area contributed by atoms with Gasteiger partial charge in [0, 0.05) is 28.4 Å². The van der Waals surface area contributed by atoms with Crippen LogP contribution in [0.25, 0.3) is 10.9 Å². The third kappa shape index (κ3) is 2.54. The van der Waals surface area contributed by atoms with Gasteiger partial charge in [0.1, 0.15) is 11.2 Å². The molecule has 2 heterocycles. The van der Waals surface area contributed by atoms with Gasteiger partial charge in [-0.15, -0.1) is 0 Å². The number of aryl methyl sites for hydroxylation is 1. The number of urea groups is 1. The fraction of sp³-hybridized carbons (Fsp3) is 0.389. The van der Waals surface area contributed by atoms with Gasteiger partial charge in [0.05, 0.1) is 0 Å². The number of aromatic nitrogens is 1. The highest BCUT2D eigenvalue weighted by Gasteiger charge is 2.54. The maximum Gasteiger partial charge on any atom is 0.322 e. The molecule has 1 aliphatic carbocycles. The number of aromatic amines is 1. The van der Waals surface area contributed by atoms with Crippen molar-refractivity contribution >= 4 is 40.3 Å². The number of amides is 4. The molecule has 1 aliphatic heterocycles. The van der Waals surface area contributed by atoms with Gasteiger partial charge < -0.3 is 15.6 Å². The van der Waals surface area contributed by atoms with Crippen LogP contribution in [0.3, 0.4) is 0 Å². The molecular formula is C18H19ClN4O3. The van der Waals surface area contributed by atoms with Gasteiger partial charge in [-0.1, -0.05) is 18.0 Å². The summed E-state index contributed by atoms with van der Waals surface area (Å²) < 4.78 is 0. The van der Waals surface area contributed by atoms with E-state index in [1.54, 1.807) is 12.1 Å². The van der Waals surface area contributed by atoms with E-state index in [1.807, 2.05) is 13.0 Å². The van der Waals surface area contributed by atoms with Gasteiger partial charge in [-0.2, -0.15) is 0 Å². The van der Waals surface area contributed by atoms with Crippen LogP contribution in [0.4, 0.5) is 4.79 Å². The molecule has 7 nitrogen and oxygen atoms in total. The third-order valence-corrected chi connectivity index (χ3v) is 5.96. The Bertz CT molecular complexity index is 938. The van der Waals surface area contributed by atoms with Crippen molar-refractivity contribution in [1.29, 1.82) is 0 Å². The second-order valence-corrected chi connectivity index (χ2v) is 7.40. The third-order valence-electron chi connectivity index (χ3n) is 5.55. The molecule has 26 heavy (non-hydrogen) atoms. The summed E-state index contributed by atoms with van der Waals surface area (Å²) in [5.74, 6) is -0.669. The molecule has 8 heteroatoms. The molecule has 0 bridgehead atoms. The highest BCUT2D eigenvalue weighted by atomic mass is 35.5. The van der Waals surface area contributed by atoms with Gasteiger partial charge in [-0.25, -0.2) is 4.79 Å². The molecule has 0 radical (unpaired) electrons. The second kappa shape index (κ2) is 6.02. The van der Waals surface area contributed by atoms with Crippen molar-refractivity contribution in [2.75, 3.05) is 6.54 Å². The van der Waals surface area contributed by atoms with E-state index >= 15 is 0 Å². The first-order chi connectivity index (χ1) is 12.4. The normalized spacial score (nSPS) is 24.9. The van der Waals surface area contributed by atoms with Crippen molar-refractivity contribution in [3.05, 3.63) is 34.5 Å². The van der Waals surface area contributed by atoms with Gasteiger partial charge in [-0.05, 0) is 43.5 Å². The molecule has 2 aromatic rings. The lowest BCUT2D eigenvalue weighted by molar-refractivity contribution is -0.125. The van der Waals surface area contributed by atoms with E-state index in [4.69, 9.17) is 11.6 Å². The molecule has 4 amide bonds. The second-order valence-electron chi connectivity index (χ2n) is 7.00. The van der Waals surface area contributed by atoms with E-state index < -0.39 is 11.6 Å². The minimum atomic E-state index is -0.894. The Morgan fingerprint density at radius 3 is 2.92 bits per heavy atom. The fourth-order valence-electron chi connectivity index (χ4n) is 4.08. The Labute approximate surface area is 154 Å². The lowest BCUT2D eigenvalue weighted by Crippen LogP contribution is -2.53. The van der Waals surface area contributed by atoms with Crippen molar-refractivity contribution in [2.24, 2.45) is 5.92 Å². The van der Waals surface area contributed by atoms with Gasteiger partial charge in [0.2, 0.25) is 0 Å². The van der Waals surface area contributed by atoms with Crippen LogP contribution in [-0.2, 0) is 4.79 Å². The van der Waals surface area contributed by atoms with Crippen molar-refractivity contribution in [2.45, 2.75) is 31.7 Å². The maximum atomic E-state index is 12.6. The topological polar surface area (TPSA) is 103 Å². The van der Waals surface area contributed by atoms with Crippen LogP contribution < -0.4 is 16.0 Å². The minimum absolute atomic E-state index is 0.126. The predicted molar refractivity (Wildman–Crippen MR) is 97.1 cm³/mol. The molecule has 136 valence electrons. The first kappa shape index (κ1) is 16.9. The summed E-state index contributed by atoms with van der Waals surface area (Å²) in [6.07, 6.45) is 2.20. The number of halogens is 1. The maximum absolute atomic E-state index is 12.6. The number of H-pyrrole nitrogens is 1. The zero-order valence-corrected chi connectivity index (χ0v) is 15.0. The summed E-state index contributed by atoms with van der Waals surface area (Å²) in [7, 11) is 0. The number of hydrogen-bond donors (Lipinski definition) is 4. The molecule has 2 fully saturated rings. The molecule has 1 aromatic heterocycles. The van der Waals surface area contributed by atoms with Gasteiger partial charge in [-0.3, -0.25) is 14.9 Å². The van der Waals surface area contributed by atoms with E-state index in [-0.39, 0.29) is 17.7 Å². The Morgan fingerprint density at radius 2 is 2.19 bits per heavy atom. The number of carbonyl (C=O) groups is 3. The van der Waals surface area contributed by atoms with Crippen molar-refractivity contribution in [3.63, 3.8) is 0 Å². The first-order valence-corrected chi connectivity index (χ1v) is 8.98. The highest BCUT2D eigenvalue weighted by molar-refractivity contribution is 6.32. The van der Waals surface area contributed by atoms with Gasteiger partial charge >= 0.3 is 6.03 Å². The van der Waals surface area contributed by atoms with Gasteiger partial charge in [0.25, 0.3) is 11.8 Å². The largest absolute Gasteiger partial charge is 0.351 e. The Kier molecular flexibility index (Phi) is 3.91. The Hall–Kier alpha value is -2.54. The summed E-state index contributed by atoms with van der Waals surface area (Å²) >= 11 is 6.13. The number of rotatable bonds is 3. The molecule has 2 aliphatic rings. The summed E-state index contributed by atoms with van der Waals surface area (Å²) in [5, 5.41) is 9.51. The average molecular weight is 375 g/mol. The van der Waals surface area contributed by atoms with Crippen LogP contribution in [0.15, 0.2) is 18.2 Å². The lowest BCUT2D eigenvalue weighted by Gasteiger charge is -2.28. The van der Waals surface area contributed by atoms with E-state index in [0.29, 0.717) is 23.7 Å². The smallest absolute Gasteiger partial charge is 0.322 e. The van der Waals surface area contributed by atoms with Crippen LogP contribution in [0.2, 0.25) is 5.02 Å². The monoisotopic (exact) mass is 374 g/mol. The Morgan fingerprint density at radius 1 is 1.38 bits per heavy atom. The van der Waals surface area contributed by atoms with Crippen LogP contribution >= 0.6 is 11.6 Å². The van der Waals surface area contributed by atoms with Crippen LogP contribution in [0, 0.1) is 12.8 Å². The number of imide groups is 1. The molecular weight excluding hydrogens is 356 g/mol. The number of carbonyl (C=O) groups excluding carboxylic acids is 3. The summed E-state index contributed by atoms with van der Waals surface area (Å²) in [6.45, 7) is 2.23. The van der Waals surface area contributed by atoms with Crippen LogP contribution in [0.5, 0.6) is 0 Å². The van der Waals surface area contributed by atoms with Crippen LogP contribution in [0.1, 0.15) is 35.3 Å². The molecule has 4 N–H and O–H groups in total. The summed E-state index contributed by atoms with van der Waals surface area (Å²) in [6, 6.07) is 4.95. The SMILES string of the molecule is Cc1c(Cl)ccc2[nH]c(C(=O)NCC3CCCC34NC(=O)NC4=O)cc12. The molecule has 1 saturated heterocycles.